The Labute approximate surface area is 101 Å². The number of alkyl halides is 3. The Bertz CT molecular complexity index is 224. The number of guanidine groups is 1. The number of nitrogens with zero attached hydrogens (tertiary/aromatic N) is 1. The van der Waals surface area contributed by atoms with Gasteiger partial charge in [0, 0.05) is 19.6 Å². The molecule has 0 amide bonds. The molecule has 0 unspecified atom stereocenters. The molecule has 2 N–H and O–H groups in total. The minimum atomic E-state index is -4.12. The molecule has 0 aliphatic heterocycles. The zero-order valence-corrected chi connectivity index (χ0v) is 10.7. The Hall–Kier alpha value is -0.940. The highest BCUT2D eigenvalue weighted by Crippen LogP contribution is 2.17. The SMILES string of the molecule is CCNC(=NCCC(C)C)NCCC(F)(F)F. The maximum Gasteiger partial charge on any atom is 0.390 e. The highest BCUT2D eigenvalue weighted by Gasteiger charge is 2.26. The third-order valence-electron chi connectivity index (χ3n) is 2.02. The predicted octanol–water partition coefficient (Wildman–Crippen LogP) is 2.54. The summed E-state index contributed by atoms with van der Waals surface area (Å²) in [6.07, 6.45) is -4.04. The molecule has 0 radical (unpaired) electrons. The van der Waals surface area contributed by atoms with E-state index in [1.54, 1.807) is 0 Å². The molecule has 3 nitrogen and oxygen atoms in total. The van der Waals surface area contributed by atoms with E-state index in [-0.39, 0.29) is 6.54 Å². The van der Waals surface area contributed by atoms with Crippen LogP contribution in [0.4, 0.5) is 13.2 Å². The van der Waals surface area contributed by atoms with Crippen molar-refractivity contribution in [1.29, 1.82) is 0 Å². The number of hydrogen-bond donors (Lipinski definition) is 2. The molecule has 0 saturated carbocycles. The van der Waals surface area contributed by atoms with E-state index in [2.05, 4.69) is 29.5 Å². The second-order valence-corrected chi connectivity index (χ2v) is 4.24. The lowest BCUT2D eigenvalue weighted by Crippen LogP contribution is -2.39. The smallest absolute Gasteiger partial charge is 0.357 e. The van der Waals surface area contributed by atoms with E-state index in [0.29, 0.717) is 25.0 Å². The second-order valence-electron chi connectivity index (χ2n) is 4.24. The Kier molecular flexibility index (Phi) is 7.74. The van der Waals surface area contributed by atoms with Gasteiger partial charge in [-0.3, -0.25) is 4.99 Å². The molecule has 0 fully saturated rings. The van der Waals surface area contributed by atoms with Crippen molar-refractivity contribution in [2.75, 3.05) is 19.6 Å². The van der Waals surface area contributed by atoms with Crippen LogP contribution in [0, 0.1) is 5.92 Å². The van der Waals surface area contributed by atoms with E-state index in [0.717, 1.165) is 6.42 Å². The van der Waals surface area contributed by atoms with Gasteiger partial charge >= 0.3 is 6.18 Å². The summed E-state index contributed by atoms with van der Waals surface area (Å²) < 4.78 is 35.8. The largest absolute Gasteiger partial charge is 0.390 e. The van der Waals surface area contributed by atoms with Crippen molar-refractivity contribution < 1.29 is 13.2 Å². The standard InChI is InChI=1S/C11H22F3N3/c1-4-15-10(16-7-5-9(2)3)17-8-6-11(12,13)14/h9H,4-8H2,1-3H3,(H2,15,16,17). The molecular formula is C11H22F3N3. The average molecular weight is 253 g/mol. The van der Waals surface area contributed by atoms with E-state index in [1.165, 1.54) is 0 Å². The molecule has 0 spiro atoms. The van der Waals surface area contributed by atoms with Crippen molar-refractivity contribution >= 4 is 5.96 Å². The van der Waals surface area contributed by atoms with E-state index in [9.17, 15) is 13.2 Å². The third-order valence-corrected chi connectivity index (χ3v) is 2.02. The highest BCUT2D eigenvalue weighted by atomic mass is 19.4. The molecule has 0 bridgehead atoms. The maximum absolute atomic E-state index is 11.9. The van der Waals surface area contributed by atoms with Crippen LogP contribution in [0.15, 0.2) is 4.99 Å². The fourth-order valence-electron chi connectivity index (χ4n) is 1.10. The van der Waals surface area contributed by atoms with E-state index < -0.39 is 12.6 Å². The van der Waals surface area contributed by atoms with Crippen LogP contribution in [0.25, 0.3) is 0 Å². The first kappa shape index (κ1) is 16.1. The summed E-state index contributed by atoms with van der Waals surface area (Å²) >= 11 is 0. The molecule has 0 aliphatic rings. The van der Waals surface area contributed by atoms with Gasteiger partial charge in [0.2, 0.25) is 0 Å². The first-order valence-corrected chi connectivity index (χ1v) is 5.94. The summed E-state index contributed by atoms with van der Waals surface area (Å²) in [5, 5.41) is 5.58. The molecule has 0 rings (SSSR count). The van der Waals surface area contributed by atoms with Crippen LogP contribution in [0.5, 0.6) is 0 Å². The molecule has 0 atom stereocenters. The van der Waals surface area contributed by atoms with Crippen LogP contribution in [0.1, 0.15) is 33.6 Å². The van der Waals surface area contributed by atoms with Crippen LogP contribution < -0.4 is 10.6 Å². The van der Waals surface area contributed by atoms with Crippen molar-refractivity contribution in [3.63, 3.8) is 0 Å². The van der Waals surface area contributed by atoms with Gasteiger partial charge < -0.3 is 10.6 Å². The number of nitrogens with one attached hydrogen (secondary N) is 2. The fraction of sp³-hybridized carbons (Fsp3) is 0.909. The Morgan fingerprint density at radius 2 is 1.88 bits per heavy atom. The monoisotopic (exact) mass is 253 g/mol. The van der Waals surface area contributed by atoms with Gasteiger partial charge in [-0.25, -0.2) is 0 Å². The third kappa shape index (κ3) is 11.3. The quantitative estimate of drug-likeness (QED) is 0.564. The number of rotatable bonds is 6. The van der Waals surface area contributed by atoms with Gasteiger partial charge in [-0.1, -0.05) is 13.8 Å². The summed E-state index contributed by atoms with van der Waals surface area (Å²) in [4.78, 5) is 4.20. The fourth-order valence-corrected chi connectivity index (χ4v) is 1.10. The molecule has 6 heteroatoms. The molecule has 0 heterocycles. The van der Waals surface area contributed by atoms with Gasteiger partial charge in [-0.2, -0.15) is 13.2 Å². The minimum absolute atomic E-state index is 0.142. The van der Waals surface area contributed by atoms with Crippen molar-refractivity contribution in [3.8, 4) is 0 Å². The second kappa shape index (κ2) is 8.20. The maximum atomic E-state index is 11.9. The zero-order chi connectivity index (χ0) is 13.3. The molecule has 0 aromatic carbocycles. The van der Waals surface area contributed by atoms with Crippen LogP contribution in [-0.4, -0.2) is 31.8 Å². The molecule has 0 aliphatic carbocycles. The number of halogens is 3. The molecule has 0 saturated heterocycles. The van der Waals surface area contributed by atoms with Gasteiger partial charge in [-0.15, -0.1) is 0 Å². The van der Waals surface area contributed by atoms with Crippen molar-refractivity contribution in [2.45, 2.75) is 39.8 Å². The molecule has 0 aromatic heterocycles. The molecule has 17 heavy (non-hydrogen) atoms. The lowest BCUT2D eigenvalue weighted by molar-refractivity contribution is -0.132. The number of aliphatic imine (C=N–C) groups is 1. The molecular weight excluding hydrogens is 231 g/mol. The van der Waals surface area contributed by atoms with Crippen LogP contribution >= 0.6 is 0 Å². The number of hydrogen-bond acceptors (Lipinski definition) is 1. The summed E-state index contributed by atoms with van der Waals surface area (Å²) in [5.74, 6) is 0.995. The summed E-state index contributed by atoms with van der Waals surface area (Å²) in [7, 11) is 0. The van der Waals surface area contributed by atoms with E-state index >= 15 is 0 Å². The first-order valence-electron chi connectivity index (χ1n) is 5.94. The summed E-state index contributed by atoms with van der Waals surface area (Å²) in [6.45, 7) is 7.16. The van der Waals surface area contributed by atoms with Crippen LogP contribution in [-0.2, 0) is 0 Å². The molecule has 0 aromatic rings. The van der Waals surface area contributed by atoms with E-state index in [4.69, 9.17) is 0 Å². The zero-order valence-electron chi connectivity index (χ0n) is 10.7. The van der Waals surface area contributed by atoms with E-state index in [1.807, 2.05) is 6.92 Å². The van der Waals surface area contributed by atoms with Gasteiger partial charge in [0.05, 0.1) is 6.42 Å². The minimum Gasteiger partial charge on any atom is -0.357 e. The lowest BCUT2D eigenvalue weighted by Gasteiger charge is -2.12. The van der Waals surface area contributed by atoms with Crippen molar-refractivity contribution in [1.82, 2.24) is 10.6 Å². The summed E-state index contributed by atoms with van der Waals surface area (Å²) in [6, 6.07) is 0. The Morgan fingerprint density at radius 3 is 2.35 bits per heavy atom. The predicted molar refractivity (Wildman–Crippen MR) is 64.1 cm³/mol. The van der Waals surface area contributed by atoms with Gasteiger partial charge in [0.25, 0.3) is 0 Å². The van der Waals surface area contributed by atoms with Crippen molar-refractivity contribution in [3.05, 3.63) is 0 Å². The Morgan fingerprint density at radius 1 is 1.24 bits per heavy atom. The molecule has 102 valence electrons. The highest BCUT2D eigenvalue weighted by molar-refractivity contribution is 5.79. The van der Waals surface area contributed by atoms with Crippen LogP contribution in [0.2, 0.25) is 0 Å². The lowest BCUT2D eigenvalue weighted by atomic mass is 10.1. The first-order chi connectivity index (χ1) is 7.85. The normalized spacial score (nSPS) is 13.0. The van der Waals surface area contributed by atoms with Crippen molar-refractivity contribution in [2.24, 2.45) is 10.9 Å². The van der Waals surface area contributed by atoms with Crippen LogP contribution in [0.3, 0.4) is 0 Å². The van der Waals surface area contributed by atoms with Gasteiger partial charge in [0.1, 0.15) is 0 Å². The average Bonchev–Trinajstić information content (AvgIpc) is 2.15. The van der Waals surface area contributed by atoms with Gasteiger partial charge in [0.15, 0.2) is 5.96 Å². The van der Waals surface area contributed by atoms with Gasteiger partial charge in [-0.05, 0) is 19.3 Å². The Balaban J connectivity index is 3.97. The topological polar surface area (TPSA) is 36.4 Å². The summed E-state index contributed by atoms with van der Waals surface area (Å²) in [5.41, 5.74) is 0.